The molecule has 1 heterocycles. The topological polar surface area (TPSA) is 47.6 Å². The van der Waals surface area contributed by atoms with E-state index in [4.69, 9.17) is 9.47 Å². The normalized spacial score (nSPS) is 19.3. The molecule has 0 bridgehead atoms. The highest BCUT2D eigenvalue weighted by molar-refractivity contribution is 5.88. The van der Waals surface area contributed by atoms with Gasteiger partial charge in [-0.15, -0.1) is 0 Å². The molecule has 1 amide bonds. The zero-order chi connectivity index (χ0) is 14.7. The average Bonchev–Trinajstić information content (AvgIpc) is 3.03. The van der Waals surface area contributed by atoms with E-state index in [1.54, 1.807) is 0 Å². The first-order valence-electron chi connectivity index (χ1n) is 7.95. The highest BCUT2D eigenvalue weighted by atomic mass is 16.6. The number of benzene rings is 1. The van der Waals surface area contributed by atoms with E-state index >= 15 is 0 Å². The highest BCUT2D eigenvalue weighted by Crippen LogP contribution is 2.44. The van der Waals surface area contributed by atoms with Gasteiger partial charge in [0, 0.05) is 6.54 Å². The second-order valence-corrected chi connectivity index (χ2v) is 5.90. The van der Waals surface area contributed by atoms with E-state index in [1.165, 1.54) is 0 Å². The lowest BCUT2D eigenvalue weighted by molar-refractivity contribution is -0.126. The van der Waals surface area contributed by atoms with Crippen LogP contribution in [0.2, 0.25) is 0 Å². The van der Waals surface area contributed by atoms with E-state index in [0.29, 0.717) is 13.2 Å². The van der Waals surface area contributed by atoms with Gasteiger partial charge in [0.2, 0.25) is 5.91 Å². The summed E-state index contributed by atoms with van der Waals surface area (Å²) >= 11 is 0. The van der Waals surface area contributed by atoms with Crippen molar-refractivity contribution in [3.8, 4) is 11.5 Å². The summed E-state index contributed by atoms with van der Waals surface area (Å²) in [5, 5.41) is 3.08. The summed E-state index contributed by atoms with van der Waals surface area (Å²) < 4.78 is 11.2. The number of carbonyl (C=O) groups is 1. The van der Waals surface area contributed by atoms with Crippen LogP contribution in [0.5, 0.6) is 11.5 Å². The number of ether oxygens (including phenoxy) is 2. The standard InChI is InChI=1S/C17H23NO3/c1-2-9-18-16(19)17(7-3-4-8-17)13-5-6-14-15(12-13)21-11-10-20-14/h5-6,12H,2-4,7-11H2,1H3,(H,18,19). The Labute approximate surface area is 125 Å². The maximum atomic E-state index is 12.7. The van der Waals surface area contributed by atoms with Gasteiger partial charge in [-0.3, -0.25) is 4.79 Å². The lowest BCUT2D eigenvalue weighted by atomic mass is 9.77. The van der Waals surface area contributed by atoms with Gasteiger partial charge in [-0.1, -0.05) is 25.8 Å². The molecule has 0 radical (unpaired) electrons. The molecular formula is C17H23NO3. The highest BCUT2D eigenvalue weighted by Gasteiger charge is 2.43. The maximum Gasteiger partial charge on any atom is 0.230 e. The third-order valence-electron chi connectivity index (χ3n) is 4.52. The van der Waals surface area contributed by atoms with Crippen LogP contribution in [0.3, 0.4) is 0 Å². The van der Waals surface area contributed by atoms with Gasteiger partial charge >= 0.3 is 0 Å². The summed E-state index contributed by atoms with van der Waals surface area (Å²) in [6, 6.07) is 5.98. The summed E-state index contributed by atoms with van der Waals surface area (Å²) in [7, 11) is 0. The molecule has 1 aromatic rings. The van der Waals surface area contributed by atoms with E-state index in [0.717, 1.165) is 55.7 Å². The number of rotatable bonds is 4. The van der Waals surface area contributed by atoms with E-state index in [2.05, 4.69) is 12.2 Å². The van der Waals surface area contributed by atoms with Crippen LogP contribution in [-0.2, 0) is 10.2 Å². The molecule has 0 saturated heterocycles. The Kier molecular flexibility index (Phi) is 4.04. The van der Waals surface area contributed by atoms with Crippen molar-refractivity contribution >= 4 is 5.91 Å². The molecule has 4 heteroatoms. The second kappa shape index (κ2) is 5.96. The molecule has 2 aliphatic rings. The van der Waals surface area contributed by atoms with E-state index < -0.39 is 0 Å². The Balaban J connectivity index is 1.92. The third kappa shape index (κ3) is 2.59. The van der Waals surface area contributed by atoms with Gasteiger partial charge in [0.05, 0.1) is 5.41 Å². The molecule has 4 nitrogen and oxygen atoms in total. The average molecular weight is 289 g/mol. The molecular weight excluding hydrogens is 266 g/mol. The summed E-state index contributed by atoms with van der Waals surface area (Å²) in [4.78, 5) is 12.7. The zero-order valence-electron chi connectivity index (χ0n) is 12.6. The van der Waals surface area contributed by atoms with Crippen molar-refractivity contribution < 1.29 is 14.3 Å². The fraction of sp³-hybridized carbons (Fsp3) is 0.588. The van der Waals surface area contributed by atoms with Crippen molar-refractivity contribution in [2.24, 2.45) is 0 Å². The van der Waals surface area contributed by atoms with Crippen LogP contribution in [0.15, 0.2) is 18.2 Å². The van der Waals surface area contributed by atoms with E-state index in [-0.39, 0.29) is 11.3 Å². The summed E-state index contributed by atoms with van der Waals surface area (Å²) in [6.45, 7) is 3.98. The molecule has 0 aromatic heterocycles. The molecule has 0 unspecified atom stereocenters. The summed E-state index contributed by atoms with van der Waals surface area (Å²) in [5.74, 6) is 1.72. The number of nitrogens with one attached hydrogen (secondary N) is 1. The van der Waals surface area contributed by atoms with Gasteiger partial charge in [-0.05, 0) is 37.0 Å². The molecule has 1 aliphatic carbocycles. The second-order valence-electron chi connectivity index (χ2n) is 5.90. The summed E-state index contributed by atoms with van der Waals surface area (Å²) in [5.41, 5.74) is 0.684. The fourth-order valence-electron chi connectivity index (χ4n) is 3.37. The van der Waals surface area contributed by atoms with Crippen LogP contribution >= 0.6 is 0 Å². The molecule has 1 fully saturated rings. The lowest BCUT2D eigenvalue weighted by Gasteiger charge is -2.29. The van der Waals surface area contributed by atoms with Gasteiger partial charge in [0.25, 0.3) is 0 Å². The van der Waals surface area contributed by atoms with Crippen LogP contribution < -0.4 is 14.8 Å². The van der Waals surface area contributed by atoms with Gasteiger partial charge in [-0.25, -0.2) is 0 Å². The first-order valence-corrected chi connectivity index (χ1v) is 7.95. The maximum absolute atomic E-state index is 12.7. The Bertz CT molecular complexity index is 521. The number of carbonyl (C=O) groups excluding carboxylic acids is 1. The Morgan fingerprint density at radius 1 is 1.19 bits per heavy atom. The van der Waals surface area contributed by atoms with E-state index in [9.17, 15) is 4.79 Å². The SMILES string of the molecule is CCCNC(=O)C1(c2ccc3c(c2)OCCO3)CCCC1. The number of amides is 1. The Morgan fingerprint density at radius 3 is 2.62 bits per heavy atom. The minimum Gasteiger partial charge on any atom is -0.486 e. The predicted molar refractivity (Wildman–Crippen MR) is 80.9 cm³/mol. The molecule has 1 N–H and O–H groups in total. The summed E-state index contributed by atoms with van der Waals surface area (Å²) in [6.07, 6.45) is 5.01. The van der Waals surface area contributed by atoms with Crippen molar-refractivity contribution in [2.75, 3.05) is 19.8 Å². The van der Waals surface area contributed by atoms with Crippen molar-refractivity contribution in [3.05, 3.63) is 23.8 Å². The molecule has 21 heavy (non-hydrogen) atoms. The van der Waals surface area contributed by atoms with Gasteiger partial charge in [-0.2, -0.15) is 0 Å². The Hall–Kier alpha value is -1.71. The smallest absolute Gasteiger partial charge is 0.230 e. The molecule has 1 aromatic carbocycles. The molecule has 0 atom stereocenters. The van der Waals surface area contributed by atoms with E-state index in [1.807, 2.05) is 18.2 Å². The van der Waals surface area contributed by atoms with Crippen LogP contribution in [0, 0.1) is 0 Å². The minimum atomic E-state index is -0.384. The predicted octanol–water partition coefficient (Wildman–Crippen LogP) is 2.80. The monoisotopic (exact) mass is 289 g/mol. The largest absolute Gasteiger partial charge is 0.486 e. The lowest BCUT2D eigenvalue weighted by Crippen LogP contribution is -2.42. The van der Waals surface area contributed by atoms with Crippen molar-refractivity contribution in [2.45, 2.75) is 44.4 Å². The van der Waals surface area contributed by atoms with Crippen molar-refractivity contribution in [1.29, 1.82) is 0 Å². The van der Waals surface area contributed by atoms with Crippen LogP contribution in [0.4, 0.5) is 0 Å². The quantitative estimate of drug-likeness (QED) is 0.927. The minimum absolute atomic E-state index is 0.165. The Morgan fingerprint density at radius 2 is 1.90 bits per heavy atom. The number of hydrogen-bond acceptors (Lipinski definition) is 3. The molecule has 3 rings (SSSR count). The third-order valence-corrected chi connectivity index (χ3v) is 4.52. The van der Waals surface area contributed by atoms with Crippen molar-refractivity contribution in [1.82, 2.24) is 5.32 Å². The number of fused-ring (bicyclic) bond motifs is 1. The number of hydrogen-bond donors (Lipinski definition) is 1. The fourth-order valence-corrected chi connectivity index (χ4v) is 3.37. The van der Waals surface area contributed by atoms with Gasteiger partial charge in [0.15, 0.2) is 11.5 Å². The molecule has 1 aliphatic heterocycles. The first kappa shape index (κ1) is 14.2. The first-order chi connectivity index (χ1) is 10.3. The van der Waals surface area contributed by atoms with Crippen LogP contribution in [-0.4, -0.2) is 25.7 Å². The molecule has 1 saturated carbocycles. The van der Waals surface area contributed by atoms with Crippen LogP contribution in [0.1, 0.15) is 44.6 Å². The molecule has 0 spiro atoms. The zero-order valence-corrected chi connectivity index (χ0v) is 12.6. The van der Waals surface area contributed by atoms with Gasteiger partial charge in [0.1, 0.15) is 13.2 Å². The molecule has 114 valence electrons. The van der Waals surface area contributed by atoms with Crippen molar-refractivity contribution in [3.63, 3.8) is 0 Å². The van der Waals surface area contributed by atoms with Gasteiger partial charge < -0.3 is 14.8 Å². The van der Waals surface area contributed by atoms with Crippen LogP contribution in [0.25, 0.3) is 0 Å².